The Bertz CT molecular complexity index is 1600. The molecule has 0 amide bonds. The second kappa shape index (κ2) is 12.5. The van der Waals surface area contributed by atoms with E-state index in [2.05, 4.69) is 37.0 Å². The lowest BCUT2D eigenvalue weighted by atomic mass is 10.1. The molecule has 1 heterocycles. The van der Waals surface area contributed by atoms with Gasteiger partial charge in [-0.1, -0.05) is 29.8 Å². The van der Waals surface area contributed by atoms with Crippen LogP contribution >= 0.6 is 31.9 Å². The molecular formula is C28H26Br2N4O5. The van der Waals surface area contributed by atoms with Crippen molar-refractivity contribution in [2.45, 2.75) is 39.7 Å². The monoisotopic (exact) mass is 656 g/mol. The Balaban J connectivity index is 1.68. The standard InChI is InChI=1S/C28H26Br2N4O5/c1-4-17(3)27-32-24-11-8-20(29)13-22(24)28(35)33(27)31-15-19-12-25(38-5-2)26(14-23(19)30)39-16-18-6-9-21(10-7-18)34(36)37/h6-15,17H,4-5,16H2,1-3H3/t17-/m0/s1. The van der Waals surface area contributed by atoms with Crippen molar-refractivity contribution in [2.75, 3.05) is 6.61 Å². The number of nitro benzene ring substituents is 1. The number of halogens is 2. The van der Waals surface area contributed by atoms with Crippen LogP contribution in [0.15, 0.2) is 73.4 Å². The highest BCUT2D eigenvalue weighted by Gasteiger charge is 2.16. The average molecular weight is 658 g/mol. The topological polar surface area (TPSA) is 109 Å². The molecule has 1 aromatic heterocycles. The number of aromatic nitrogens is 2. The SMILES string of the molecule is CCOc1cc(C=Nn2c([C@@H](C)CC)nc3ccc(Br)cc3c2=O)c(Br)cc1OCc1ccc([N+](=O)[O-])cc1. The van der Waals surface area contributed by atoms with Gasteiger partial charge in [-0.3, -0.25) is 14.9 Å². The normalized spacial score (nSPS) is 12.1. The number of benzene rings is 3. The summed E-state index contributed by atoms with van der Waals surface area (Å²) in [5, 5.41) is 15.9. The fourth-order valence-electron chi connectivity index (χ4n) is 3.80. The molecule has 0 unspecified atom stereocenters. The van der Waals surface area contributed by atoms with E-state index in [9.17, 15) is 14.9 Å². The number of ether oxygens (including phenoxy) is 2. The predicted molar refractivity (Wildman–Crippen MR) is 158 cm³/mol. The number of fused-ring (bicyclic) bond motifs is 1. The molecule has 0 aliphatic rings. The van der Waals surface area contributed by atoms with Crippen LogP contribution in [0.5, 0.6) is 11.5 Å². The third-order valence-corrected chi connectivity index (χ3v) is 7.28. The van der Waals surface area contributed by atoms with E-state index >= 15 is 0 Å². The molecule has 11 heteroatoms. The van der Waals surface area contributed by atoms with Gasteiger partial charge < -0.3 is 9.47 Å². The molecule has 0 aliphatic carbocycles. The van der Waals surface area contributed by atoms with Crippen molar-refractivity contribution in [3.05, 3.63) is 101 Å². The van der Waals surface area contributed by atoms with E-state index in [1.807, 2.05) is 32.9 Å². The number of nitro groups is 1. The van der Waals surface area contributed by atoms with Crippen LogP contribution in [0.1, 0.15) is 50.1 Å². The zero-order valence-electron chi connectivity index (χ0n) is 21.6. The van der Waals surface area contributed by atoms with Gasteiger partial charge in [-0.15, -0.1) is 0 Å². The highest BCUT2D eigenvalue weighted by molar-refractivity contribution is 9.10. The maximum absolute atomic E-state index is 13.4. The predicted octanol–water partition coefficient (Wildman–Crippen LogP) is 7.20. The van der Waals surface area contributed by atoms with Gasteiger partial charge in [0, 0.05) is 32.6 Å². The number of non-ortho nitro benzene ring substituents is 1. The molecule has 0 bridgehead atoms. The molecule has 0 N–H and O–H groups in total. The average Bonchev–Trinajstić information content (AvgIpc) is 2.93. The number of rotatable bonds is 10. The molecule has 0 fully saturated rings. The molecule has 3 aromatic carbocycles. The Hall–Kier alpha value is -3.57. The minimum Gasteiger partial charge on any atom is -0.490 e. The highest BCUT2D eigenvalue weighted by atomic mass is 79.9. The summed E-state index contributed by atoms with van der Waals surface area (Å²) in [5.74, 6) is 1.59. The van der Waals surface area contributed by atoms with Crippen molar-refractivity contribution >= 4 is 54.7 Å². The van der Waals surface area contributed by atoms with Gasteiger partial charge in [0.25, 0.3) is 11.2 Å². The van der Waals surface area contributed by atoms with Gasteiger partial charge in [-0.25, -0.2) is 4.98 Å². The van der Waals surface area contributed by atoms with E-state index in [0.29, 0.717) is 44.9 Å². The van der Waals surface area contributed by atoms with Gasteiger partial charge in [0.2, 0.25) is 0 Å². The zero-order valence-corrected chi connectivity index (χ0v) is 24.7. The summed E-state index contributed by atoms with van der Waals surface area (Å²) in [6.45, 7) is 6.53. The first-order chi connectivity index (χ1) is 18.7. The van der Waals surface area contributed by atoms with E-state index in [0.717, 1.165) is 16.5 Å². The van der Waals surface area contributed by atoms with E-state index in [4.69, 9.17) is 14.5 Å². The summed E-state index contributed by atoms with van der Waals surface area (Å²) in [6.07, 6.45) is 2.38. The molecule has 0 saturated carbocycles. The van der Waals surface area contributed by atoms with Gasteiger partial charge >= 0.3 is 0 Å². The van der Waals surface area contributed by atoms with Crippen LogP contribution in [0.3, 0.4) is 0 Å². The molecule has 1 atom stereocenters. The van der Waals surface area contributed by atoms with Crippen molar-refractivity contribution in [3.63, 3.8) is 0 Å². The number of hydrogen-bond donors (Lipinski definition) is 0. The molecule has 0 saturated heterocycles. The molecule has 202 valence electrons. The van der Waals surface area contributed by atoms with Crippen LogP contribution in [-0.2, 0) is 6.61 Å². The molecule has 9 nitrogen and oxygen atoms in total. The molecule has 0 aliphatic heterocycles. The van der Waals surface area contributed by atoms with Crippen molar-refractivity contribution in [1.82, 2.24) is 9.66 Å². The van der Waals surface area contributed by atoms with E-state index in [-0.39, 0.29) is 23.8 Å². The second-order valence-corrected chi connectivity index (χ2v) is 10.5. The van der Waals surface area contributed by atoms with Crippen LogP contribution < -0.4 is 15.0 Å². The molecule has 4 rings (SSSR count). The fourth-order valence-corrected chi connectivity index (χ4v) is 4.59. The Labute approximate surface area is 241 Å². The minimum absolute atomic E-state index is 0.0144. The zero-order chi connectivity index (χ0) is 28.1. The summed E-state index contributed by atoms with van der Waals surface area (Å²) < 4.78 is 14.6. The van der Waals surface area contributed by atoms with Gasteiger partial charge in [0.15, 0.2) is 11.5 Å². The number of hydrogen-bond acceptors (Lipinski definition) is 7. The third kappa shape index (κ3) is 6.54. The second-order valence-electron chi connectivity index (χ2n) is 8.77. The lowest BCUT2D eigenvalue weighted by Gasteiger charge is -2.15. The van der Waals surface area contributed by atoms with Crippen molar-refractivity contribution in [1.29, 1.82) is 0 Å². The first kappa shape index (κ1) is 28.4. The van der Waals surface area contributed by atoms with Crippen LogP contribution in [-0.4, -0.2) is 27.4 Å². The van der Waals surface area contributed by atoms with Crippen LogP contribution in [0.25, 0.3) is 10.9 Å². The van der Waals surface area contributed by atoms with Gasteiger partial charge in [0.1, 0.15) is 12.4 Å². The lowest BCUT2D eigenvalue weighted by molar-refractivity contribution is -0.384. The maximum Gasteiger partial charge on any atom is 0.282 e. The third-order valence-electron chi connectivity index (χ3n) is 6.10. The molecule has 4 aromatic rings. The van der Waals surface area contributed by atoms with Gasteiger partial charge in [0.05, 0.1) is 28.6 Å². The summed E-state index contributed by atoms with van der Waals surface area (Å²) in [6, 6.07) is 15.2. The quantitative estimate of drug-likeness (QED) is 0.101. The summed E-state index contributed by atoms with van der Waals surface area (Å²) in [5.41, 5.74) is 1.84. The smallest absolute Gasteiger partial charge is 0.282 e. The first-order valence-corrected chi connectivity index (χ1v) is 13.9. The molecule has 39 heavy (non-hydrogen) atoms. The molecular weight excluding hydrogens is 632 g/mol. The first-order valence-electron chi connectivity index (χ1n) is 12.3. The fraction of sp³-hybridized carbons (Fsp3) is 0.250. The van der Waals surface area contributed by atoms with Gasteiger partial charge in [-0.05, 0) is 77.3 Å². The minimum atomic E-state index is -0.442. The van der Waals surface area contributed by atoms with Crippen molar-refractivity contribution in [3.8, 4) is 11.5 Å². The van der Waals surface area contributed by atoms with Crippen LogP contribution in [0, 0.1) is 10.1 Å². The number of nitrogens with zero attached hydrogens (tertiary/aromatic N) is 4. The summed E-state index contributed by atoms with van der Waals surface area (Å²) in [4.78, 5) is 28.6. The highest BCUT2D eigenvalue weighted by Crippen LogP contribution is 2.34. The van der Waals surface area contributed by atoms with Crippen LogP contribution in [0.2, 0.25) is 0 Å². The molecule has 0 spiro atoms. The maximum atomic E-state index is 13.4. The Kier molecular flexibility index (Phi) is 9.13. The van der Waals surface area contributed by atoms with E-state index in [1.165, 1.54) is 16.8 Å². The molecule has 0 radical (unpaired) electrons. The van der Waals surface area contributed by atoms with Crippen molar-refractivity contribution in [2.24, 2.45) is 5.10 Å². The largest absolute Gasteiger partial charge is 0.490 e. The van der Waals surface area contributed by atoms with E-state index in [1.54, 1.807) is 36.5 Å². The summed E-state index contributed by atoms with van der Waals surface area (Å²) >= 11 is 7.01. The Morgan fingerprint density at radius 3 is 2.46 bits per heavy atom. The lowest BCUT2D eigenvalue weighted by Crippen LogP contribution is -2.23. The van der Waals surface area contributed by atoms with Crippen LogP contribution in [0.4, 0.5) is 5.69 Å². The summed E-state index contributed by atoms with van der Waals surface area (Å²) in [7, 11) is 0. The van der Waals surface area contributed by atoms with E-state index < -0.39 is 4.92 Å². The Morgan fingerprint density at radius 2 is 1.79 bits per heavy atom. The van der Waals surface area contributed by atoms with Crippen molar-refractivity contribution < 1.29 is 14.4 Å². The van der Waals surface area contributed by atoms with Gasteiger partial charge in [-0.2, -0.15) is 9.78 Å². The Morgan fingerprint density at radius 1 is 1.08 bits per heavy atom.